The number of carbonyl (C=O) groups excluding carboxylic acids is 2. The van der Waals surface area contributed by atoms with E-state index in [0.29, 0.717) is 31.7 Å². The Kier molecular flexibility index (Phi) is 9.36. The molecule has 0 fully saturated rings. The Morgan fingerprint density at radius 3 is 2.38 bits per heavy atom. The minimum absolute atomic E-state index is 0.0478. The van der Waals surface area contributed by atoms with Crippen LogP contribution in [0, 0.1) is 11.3 Å². The quantitative estimate of drug-likeness (QED) is 0.232. The SMILES string of the molecule is CNC(=N)NCCC[C@H](N)C(=O)N[C@@H](CC(C)C)C(C)=O. The Morgan fingerprint density at radius 2 is 1.90 bits per heavy atom. The van der Waals surface area contributed by atoms with Gasteiger partial charge in [0.05, 0.1) is 12.1 Å². The topological polar surface area (TPSA) is 120 Å². The lowest BCUT2D eigenvalue weighted by atomic mass is 10.0. The van der Waals surface area contributed by atoms with Gasteiger partial charge in [-0.2, -0.15) is 0 Å². The second-order valence-corrected chi connectivity index (χ2v) is 5.60. The molecule has 0 aliphatic heterocycles. The van der Waals surface area contributed by atoms with Gasteiger partial charge in [-0.15, -0.1) is 0 Å². The van der Waals surface area contributed by atoms with Gasteiger partial charge in [0.25, 0.3) is 0 Å². The second-order valence-electron chi connectivity index (χ2n) is 5.60. The van der Waals surface area contributed by atoms with E-state index in [-0.39, 0.29) is 17.6 Å². The summed E-state index contributed by atoms with van der Waals surface area (Å²) < 4.78 is 0. The number of Topliss-reactive ketones (excluding diaryl/α,β-unsaturated/α-hetero) is 1. The standard InChI is InChI=1S/C14H29N5O2/c1-9(2)8-12(10(3)20)19-13(21)11(15)6-5-7-18-14(16)17-4/h9,11-12H,5-8,15H2,1-4H3,(H,19,21)(H3,16,17,18)/t11-,12-/m0/s1. The monoisotopic (exact) mass is 299 g/mol. The van der Waals surface area contributed by atoms with Crippen molar-refractivity contribution in [3.05, 3.63) is 0 Å². The first kappa shape index (κ1) is 19.4. The van der Waals surface area contributed by atoms with E-state index in [9.17, 15) is 9.59 Å². The fourth-order valence-corrected chi connectivity index (χ4v) is 1.83. The summed E-state index contributed by atoms with van der Waals surface area (Å²) in [6.07, 6.45) is 1.80. The Labute approximate surface area is 126 Å². The number of nitrogens with two attached hydrogens (primary N) is 1. The number of carbonyl (C=O) groups is 2. The zero-order chi connectivity index (χ0) is 16.4. The van der Waals surface area contributed by atoms with Crippen molar-refractivity contribution in [2.45, 2.75) is 52.1 Å². The Hall–Kier alpha value is -1.63. The number of hydrogen-bond acceptors (Lipinski definition) is 4. The predicted octanol–water partition coefficient (Wildman–Crippen LogP) is -0.0424. The molecule has 0 unspecified atom stereocenters. The third-order valence-corrected chi connectivity index (χ3v) is 3.09. The first-order valence-corrected chi connectivity index (χ1v) is 7.34. The maximum absolute atomic E-state index is 12.0. The molecule has 0 heterocycles. The van der Waals surface area contributed by atoms with Gasteiger partial charge in [0.1, 0.15) is 0 Å². The smallest absolute Gasteiger partial charge is 0.237 e. The van der Waals surface area contributed by atoms with Crippen LogP contribution in [0.4, 0.5) is 0 Å². The molecule has 7 heteroatoms. The summed E-state index contributed by atoms with van der Waals surface area (Å²) in [6, 6.07) is -1.09. The van der Waals surface area contributed by atoms with Gasteiger partial charge in [-0.05, 0) is 32.1 Å². The summed E-state index contributed by atoms with van der Waals surface area (Å²) in [5.41, 5.74) is 5.83. The van der Waals surface area contributed by atoms with Crippen molar-refractivity contribution < 1.29 is 9.59 Å². The first-order valence-electron chi connectivity index (χ1n) is 7.34. The zero-order valence-electron chi connectivity index (χ0n) is 13.5. The summed E-state index contributed by atoms with van der Waals surface area (Å²) >= 11 is 0. The van der Waals surface area contributed by atoms with Gasteiger partial charge >= 0.3 is 0 Å². The molecule has 0 rings (SSSR count). The molecule has 21 heavy (non-hydrogen) atoms. The minimum Gasteiger partial charge on any atom is -0.360 e. The molecule has 0 bridgehead atoms. The summed E-state index contributed by atoms with van der Waals surface area (Å²) in [5, 5.41) is 15.6. The number of rotatable bonds is 9. The molecule has 0 radical (unpaired) electrons. The maximum Gasteiger partial charge on any atom is 0.237 e. The number of hydrogen-bond donors (Lipinski definition) is 5. The first-order chi connectivity index (χ1) is 9.77. The lowest BCUT2D eigenvalue weighted by Crippen LogP contribution is -2.48. The maximum atomic E-state index is 12.0. The van der Waals surface area contributed by atoms with Crippen LogP contribution in [0.25, 0.3) is 0 Å². The molecule has 0 saturated carbocycles. The second kappa shape index (κ2) is 10.1. The van der Waals surface area contributed by atoms with E-state index in [4.69, 9.17) is 11.1 Å². The average molecular weight is 299 g/mol. The van der Waals surface area contributed by atoms with Gasteiger partial charge < -0.3 is 21.7 Å². The van der Waals surface area contributed by atoms with Crippen molar-refractivity contribution in [3.63, 3.8) is 0 Å². The van der Waals surface area contributed by atoms with E-state index in [0.717, 1.165) is 0 Å². The van der Waals surface area contributed by atoms with E-state index in [1.165, 1.54) is 6.92 Å². The number of amides is 1. The third kappa shape index (κ3) is 9.01. The van der Waals surface area contributed by atoms with E-state index in [1.807, 2.05) is 13.8 Å². The van der Waals surface area contributed by atoms with E-state index < -0.39 is 12.1 Å². The molecular formula is C14H29N5O2. The predicted molar refractivity (Wildman–Crippen MR) is 84.1 cm³/mol. The zero-order valence-corrected chi connectivity index (χ0v) is 13.5. The van der Waals surface area contributed by atoms with Gasteiger partial charge in [0.2, 0.25) is 5.91 Å². The molecule has 1 amide bonds. The van der Waals surface area contributed by atoms with Gasteiger partial charge in [-0.3, -0.25) is 15.0 Å². The van der Waals surface area contributed by atoms with Crippen LogP contribution in [0.15, 0.2) is 0 Å². The van der Waals surface area contributed by atoms with Crippen LogP contribution in [-0.4, -0.2) is 43.3 Å². The van der Waals surface area contributed by atoms with Crippen molar-refractivity contribution in [2.75, 3.05) is 13.6 Å². The number of ketones is 1. The Morgan fingerprint density at radius 1 is 1.29 bits per heavy atom. The Balaban J connectivity index is 4.12. The van der Waals surface area contributed by atoms with Gasteiger partial charge in [0, 0.05) is 13.6 Å². The molecule has 2 atom stereocenters. The Bertz CT molecular complexity index is 357. The third-order valence-electron chi connectivity index (χ3n) is 3.09. The van der Waals surface area contributed by atoms with Crippen LogP contribution >= 0.6 is 0 Å². The van der Waals surface area contributed by atoms with Crippen LogP contribution < -0.4 is 21.7 Å². The van der Waals surface area contributed by atoms with Crippen LogP contribution in [0.1, 0.15) is 40.0 Å². The van der Waals surface area contributed by atoms with E-state index in [2.05, 4.69) is 16.0 Å². The van der Waals surface area contributed by atoms with Crippen molar-refractivity contribution in [3.8, 4) is 0 Å². The van der Waals surface area contributed by atoms with Crippen LogP contribution in [0.2, 0.25) is 0 Å². The molecule has 0 aliphatic rings. The molecular weight excluding hydrogens is 270 g/mol. The van der Waals surface area contributed by atoms with Crippen molar-refractivity contribution >= 4 is 17.6 Å². The summed E-state index contributed by atoms with van der Waals surface area (Å²) in [5.74, 6) is 0.224. The van der Waals surface area contributed by atoms with Crippen molar-refractivity contribution in [1.29, 1.82) is 5.41 Å². The van der Waals surface area contributed by atoms with E-state index >= 15 is 0 Å². The average Bonchev–Trinajstić information content (AvgIpc) is 2.41. The lowest BCUT2D eigenvalue weighted by Gasteiger charge is -2.20. The van der Waals surface area contributed by atoms with Crippen LogP contribution in [0.3, 0.4) is 0 Å². The summed E-state index contributed by atoms with van der Waals surface area (Å²) in [6.45, 7) is 6.06. The van der Waals surface area contributed by atoms with Gasteiger partial charge in [-0.1, -0.05) is 13.8 Å². The summed E-state index contributed by atoms with van der Waals surface area (Å²) in [4.78, 5) is 23.5. The highest BCUT2D eigenvalue weighted by atomic mass is 16.2. The van der Waals surface area contributed by atoms with Crippen molar-refractivity contribution in [1.82, 2.24) is 16.0 Å². The molecule has 6 N–H and O–H groups in total. The fourth-order valence-electron chi connectivity index (χ4n) is 1.83. The normalized spacial score (nSPS) is 13.4. The van der Waals surface area contributed by atoms with Crippen LogP contribution in [-0.2, 0) is 9.59 Å². The highest BCUT2D eigenvalue weighted by molar-refractivity contribution is 5.89. The van der Waals surface area contributed by atoms with Gasteiger partial charge in [-0.25, -0.2) is 0 Å². The van der Waals surface area contributed by atoms with Gasteiger partial charge in [0.15, 0.2) is 11.7 Å². The van der Waals surface area contributed by atoms with E-state index in [1.54, 1.807) is 7.05 Å². The molecule has 0 aromatic heterocycles. The highest BCUT2D eigenvalue weighted by Gasteiger charge is 2.21. The molecule has 7 nitrogen and oxygen atoms in total. The molecule has 0 saturated heterocycles. The fraction of sp³-hybridized carbons (Fsp3) is 0.786. The lowest BCUT2D eigenvalue weighted by molar-refractivity contribution is -0.128. The van der Waals surface area contributed by atoms with Crippen LogP contribution in [0.5, 0.6) is 0 Å². The largest absolute Gasteiger partial charge is 0.360 e. The molecule has 0 spiro atoms. The highest BCUT2D eigenvalue weighted by Crippen LogP contribution is 2.06. The minimum atomic E-state index is -0.635. The molecule has 0 aromatic carbocycles. The summed E-state index contributed by atoms with van der Waals surface area (Å²) in [7, 11) is 1.66. The molecule has 0 aromatic rings. The van der Waals surface area contributed by atoms with Crippen molar-refractivity contribution in [2.24, 2.45) is 11.7 Å². The molecule has 122 valence electrons. The number of guanidine groups is 1. The number of nitrogens with one attached hydrogen (secondary N) is 4. The molecule has 0 aliphatic carbocycles.